The summed E-state index contributed by atoms with van der Waals surface area (Å²) in [5.74, 6) is -1.44. The Kier molecular flexibility index (Phi) is 5.97. The molecule has 0 aromatic heterocycles. The van der Waals surface area contributed by atoms with Crippen LogP contribution in [0.15, 0.2) is 30.3 Å². The summed E-state index contributed by atoms with van der Waals surface area (Å²) in [6.07, 6.45) is -0.372. The lowest BCUT2D eigenvalue weighted by Gasteiger charge is -2.22. The van der Waals surface area contributed by atoms with E-state index in [1.807, 2.05) is 44.2 Å². The normalized spacial score (nSPS) is 24.2. The molecule has 1 aromatic carbocycles. The number of carbonyl (C=O) groups excluding carboxylic acids is 2. The van der Waals surface area contributed by atoms with Crippen LogP contribution in [0.1, 0.15) is 39.2 Å². The molecule has 1 aromatic rings. The summed E-state index contributed by atoms with van der Waals surface area (Å²) >= 11 is 0. The smallest absolute Gasteiger partial charge is 0.312 e. The molecular formula is C19H26FNO3. The Morgan fingerprint density at radius 2 is 1.92 bits per heavy atom. The highest BCUT2D eigenvalue weighted by Crippen LogP contribution is 2.56. The average Bonchev–Trinajstić information content (AvgIpc) is 3.37. The molecule has 132 valence electrons. The zero-order chi connectivity index (χ0) is 17.7. The molecule has 1 amide bonds. The second-order valence-corrected chi connectivity index (χ2v) is 6.09. The van der Waals surface area contributed by atoms with Gasteiger partial charge in [0.15, 0.2) is 6.17 Å². The number of carbonyl (C=O) groups is 2. The predicted molar refractivity (Wildman–Crippen MR) is 89.9 cm³/mol. The van der Waals surface area contributed by atoms with E-state index < -0.39 is 23.4 Å². The van der Waals surface area contributed by atoms with Gasteiger partial charge < -0.3 is 9.64 Å². The lowest BCUT2D eigenvalue weighted by molar-refractivity contribution is -0.152. The Hall–Kier alpha value is -1.91. The summed E-state index contributed by atoms with van der Waals surface area (Å²) in [6, 6.07) is 9.50. The van der Waals surface area contributed by atoms with Crippen LogP contribution >= 0.6 is 0 Å². The third-order valence-electron chi connectivity index (χ3n) is 4.71. The molecule has 0 radical (unpaired) electrons. The first-order valence-corrected chi connectivity index (χ1v) is 8.72. The molecule has 0 N–H and O–H groups in total. The van der Waals surface area contributed by atoms with E-state index >= 15 is 0 Å². The van der Waals surface area contributed by atoms with Gasteiger partial charge in [-0.05, 0) is 25.3 Å². The second-order valence-electron chi connectivity index (χ2n) is 6.09. The molecule has 1 aliphatic heterocycles. The number of hydrogen-bond acceptors (Lipinski definition) is 3. The minimum absolute atomic E-state index is 0.284. The third kappa shape index (κ3) is 3.45. The highest BCUT2D eigenvalue weighted by atomic mass is 19.1. The van der Waals surface area contributed by atoms with Crippen molar-refractivity contribution >= 4 is 11.9 Å². The van der Waals surface area contributed by atoms with Crippen molar-refractivity contribution < 1.29 is 18.7 Å². The summed E-state index contributed by atoms with van der Waals surface area (Å²) in [5, 5.41) is 0. The Balaban J connectivity index is 0.00000100. The number of likely N-dealkylation sites (tertiary alicyclic amines) is 1. The van der Waals surface area contributed by atoms with Crippen molar-refractivity contribution in [2.45, 2.75) is 46.3 Å². The fraction of sp³-hybridized carbons (Fsp3) is 0.579. The van der Waals surface area contributed by atoms with Crippen molar-refractivity contribution in [1.82, 2.24) is 4.90 Å². The largest absolute Gasteiger partial charge is 0.466 e. The summed E-state index contributed by atoms with van der Waals surface area (Å²) < 4.78 is 19.6. The van der Waals surface area contributed by atoms with E-state index in [2.05, 4.69) is 0 Å². The van der Waals surface area contributed by atoms with Crippen LogP contribution in [0.5, 0.6) is 0 Å². The zero-order valence-electron chi connectivity index (χ0n) is 14.6. The van der Waals surface area contributed by atoms with Crippen LogP contribution < -0.4 is 0 Å². The maximum Gasteiger partial charge on any atom is 0.312 e. The van der Waals surface area contributed by atoms with E-state index in [1.54, 1.807) is 6.92 Å². The van der Waals surface area contributed by atoms with Gasteiger partial charge in [-0.1, -0.05) is 44.2 Å². The van der Waals surface area contributed by atoms with Crippen LogP contribution in [0, 0.1) is 11.3 Å². The van der Waals surface area contributed by atoms with Crippen LogP contribution in [0.2, 0.25) is 0 Å². The minimum Gasteiger partial charge on any atom is -0.466 e. The number of alkyl halides is 1. The summed E-state index contributed by atoms with van der Waals surface area (Å²) in [7, 11) is 0. The molecule has 1 aliphatic carbocycles. The Bertz CT molecular complexity index is 571. The van der Waals surface area contributed by atoms with Crippen molar-refractivity contribution in [3.63, 3.8) is 0 Å². The number of halogens is 1. The summed E-state index contributed by atoms with van der Waals surface area (Å²) in [4.78, 5) is 25.8. The fourth-order valence-electron chi connectivity index (χ4n) is 3.30. The summed E-state index contributed by atoms with van der Waals surface area (Å²) in [5.41, 5.74) is 0.181. The fourth-order valence-corrected chi connectivity index (χ4v) is 3.30. The standard InChI is InChI=1S/C17H20FNO3.C2H6/c1-2-22-16(21)17(8-9-17)13-11-19(15(20)14(13)18)10-12-6-4-3-5-7-12;1-2/h3-7,13-14H,2,8-11H2,1H3;1-2H3. The SMILES string of the molecule is CC.CCOC(=O)C1(C2CN(Cc3ccccc3)C(=O)C2F)CC1. The highest BCUT2D eigenvalue weighted by Gasteiger charge is 2.63. The first-order chi connectivity index (χ1) is 11.6. The molecule has 1 saturated heterocycles. The molecule has 2 fully saturated rings. The van der Waals surface area contributed by atoms with Gasteiger partial charge in [-0.25, -0.2) is 4.39 Å². The Morgan fingerprint density at radius 1 is 1.29 bits per heavy atom. The van der Waals surface area contributed by atoms with Crippen molar-refractivity contribution in [2.24, 2.45) is 11.3 Å². The molecule has 4 nitrogen and oxygen atoms in total. The van der Waals surface area contributed by atoms with Crippen molar-refractivity contribution in [1.29, 1.82) is 0 Å². The highest BCUT2D eigenvalue weighted by molar-refractivity contribution is 5.87. The number of benzene rings is 1. The van der Waals surface area contributed by atoms with Gasteiger partial charge in [0, 0.05) is 19.0 Å². The first-order valence-electron chi connectivity index (χ1n) is 8.72. The first kappa shape index (κ1) is 18.4. The minimum atomic E-state index is -1.60. The second kappa shape index (κ2) is 7.77. The van der Waals surface area contributed by atoms with E-state index in [1.165, 1.54) is 4.90 Å². The quantitative estimate of drug-likeness (QED) is 0.775. The van der Waals surface area contributed by atoms with E-state index in [4.69, 9.17) is 4.74 Å². The topological polar surface area (TPSA) is 46.6 Å². The van der Waals surface area contributed by atoms with Crippen molar-refractivity contribution in [2.75, 3.05) is 13.2 Å². The number of ether oxygens (including phenoxy) is 1. The molecule has 24 heavy (non-hydrogen) atoms. The molecule has 1 saturated carbocycles. The van der Waals surface area contributed by atoms with Gasteiger partial charge in [-0.15, -0.1) is 0 Å². The number of hydrogen-bond donors (Lipinski definition) is 0. The molecule has 5 heteroatoms. The third-order valence-corrected chi connectivity index (χ3v) is 4.71. The van der Waals surface area contributed by atoms with E-state index in [0.717, 1.165) is 5.56 Å². The number of amides is 1. The van der Waals surface area contributed by atoms with E-state index in [9.17, 15) is 14.0 Å². The van der Waals surface area contributed by atoms with Crippen LogP contribution in [0.25, 0.3) is 0 Å². The van der Waals surface area contributed by atoms with Crippen molar-refractivity contribution in [3.8, 4) is 0 Å². The molecule has 0 bridgehead atoms. The number of esters is 1. The Labute approximate surface area is 143 Å². The van der Waals surface area contributed by atoms with Gasteiger partial charge in [0.25, 0.3) is 5.91 Å². The van der Waals surface area contributed by atoms with Gasteiger partial charge in [0.2, 0.25) is 0 Å². The molecule has 3 rings (SSSR count). The van der Waals surface area contributed by atoms with Crippen LogP contribution in [-0.2, 0) is 20.9 Å². The monoisotopic (exact) mass is 335 g/mol. The lowest BCUT2D eigenvalue weighted by Crippen LogP contribution is -2.34. The molecule has 2 unspecified atom stereocenters. The predicted octanol–water partition coefficient (Wildman–Crippen LogP) is 3.35. The van der Waals surface area contributed by atoms with Crippen LogP contribution in [0.4, 0.5) is 4.39 Å². The van der Waals surface area contributed by atoms with Gasteiger partial charge in [0.1, 0.15) is 0 Å². The number of rotatable bonds is 5. The Morgan fingerprint density at radius 3 is 2.46 bits per heavy atom. The van der Waals surface area contributed by atoms with Crippen LogP contribution in [0.3, 0.4) is 0 Å². The maximum atomic E-state index is 14.5. The van der Waals surface area contributed by atoms with Crippen molar-refractivity contribution in [3.05, 3.63) is 35.9 Å². The van der Waals surface area contributed by atoms with Gasteiger partial charge in [0.05, 0.1) is 12.0 Å². The molecule has 2 atom stereocenters. The maximum absolute atomic E-state index is 14.5. The lowest BCUT2D eigenvalue weighted by atomic mass is 9.87. The van der Waals surface area contributed by atoms with Gasteiger partial charge >= 0.3 is 5.97 Å². The van der Waals surface area contributed by atoms with Gasteiger partial charge in [-0.2, -0.15) is 0 Å². The van der Waals surface area contributed by atoms with Crippen LogP contribution in [-0.4, -0.2) is 36.1 Å². The van der Waals surface area contributed by atoms with E-state index in [-0.39, 0.29) is 19.1 Å². The van der Waals surface area contributed by atoms with E-state index in [0.29, 0.717) is 19.4 Å². The average molecular weight is 335 g/mol. The number of nitrogens with zero attached hydrogens (tertiary/aromatic N) is 1. The summed E-state index contributed by atoms with van der Waals surface area (Å²) in [6.45, 7) is 6.69. The molecule has 0 spiro atoms. The molecular weight excluding hydrogens is 309 g/mol. The zero-order valence-corrected chi connectivity index (χ0v) is 14.6. The molecule has 2 aliphatic rings. The van der Waals surface area contributed by atoms with Gasteiger partial charge in [-0.3, -0.25) is 9.59 Å². The molecule has 1 heterocycles.